The molecule has 1 heterocycles. The first-order valence-electron chi connectivity index (χ1n) is 10.9. The molecule has 1 aromatic heterocycles. The molecular formula is C24H29FN4O2S. The van der Waals surface area contributed by atoms with E-state index in [-0.39, 0.29) is 5.82 Å². The third-order valence-corrected chi connectivity index (χ3v) is 6.94. The second kappa shape index (κ2) is 9.62. The minimum atomic E-state index is -1.31. The highest BCUT2D eigenvalue weighted by Gasteiger charge is 2.30. The average Bonchev–Trinajstić information content (AvgIpc) is 3.15. The number of benzene rings is 2. The molecule has 0 saturated heterocycles. The first-order chi connectivity index (χ1) is 15.3. The summed E-state index contributed by atoms with van der Waals surface area (Å²) in [5.74, 6) is 0.662. The van der Waals surface area contributed by atoms with Crippen molar-refractivity contribution in [2.45, 2.75) is 58.2 Å². The molecule has 0 aliphatic heterocycles. The Kier molecular flexibility index (Phi) is 6.85. The van der Waals surface area contributed by atoms with Crippen molar-refractivity contribution in [1.82, 2.24) is 19.2 Å². The number of aromatic nitrogens is 2. The normalized spacial score (nSPS) is 15.4. The van der Waals surface area contributed by atoms with Crippen molar-refractivity contribution in [1.29, 1.82) is 0 Å². The Hall–Kier alpha value is -2.39. The van der Waals surface area contributed by atoms with E-state index >= 15 is 0 Å². The van der Waals surface area contributed by atoms with Crippen LogP contribution in [0.3, 0.4) is 0 Å². The summed E-state index contributed by atoms with van der Waals surface area (Å²) >= 11 is -1.31. The summed E-state index contributed by atoms with van der Waals surface area (Å²) in [5, 5.41) is 4.54. The Morgan fingerprint density at radius 1 is 1.19 bits per heavy atom. The molecule has 0 spiro atoms. The number of rotatable bonds is 9. The van der Waals surface area contributed by atoms with Crippen LogP contribution in [0, 0.1) is 5.82 Å². The fourth-order valence-corrected chi connectivity index (χ4v) is 4.78. The van der Waals surface area contributed by atoms with Crippen LogP contribution in [-0.2, 0) is 23.6 Å². The molecule has 1 aliphatic rings. The van der Waals surface area contributed by atoms with Gasteiger partial charge in [0.2, 0.25) is 5.88 Å². The van der Waals surface area contributed by atoms with Gasteiger partial charge in [0.05, 0.1) is 17.3 Å². The standard InChI is InChI=1S/C24H29FN4O2S/c1-4-29-22(16-23(26-29)31-21-13-11-19(25)12-14-21)17-7-5-8-18(15-17)24(2,3)28-32(30)27-20-9-6-10-20/h5,7-8,11-16,20,27-28H,4,6,9-10H2,1-3H3. The van der Waals surface area contributed by atoms with E-state index in [1.54, 1.807) is 12.1 Å². The molecular weight excluding hydrogens is 427 g/mol. The predicted molar refractivity (Wildman–Crippen MR) is 125 cm³/mol. The van der Waals surface area contributed by atoms with Gasteiger partial charge < -0.3 is 9.29 Å². The van der Waals surface area contributed by atoms with Gasteiger partial charge in [0.15, 0.2) is 0 Å². The Bertz CT molecular complexity index is 1050. The summed E-state index contributed by atoms with van der Waals surface area (Å²) in [4.78, 5) is 0. The molecule has 0 amide bonds. The largest absolute Gasteiger partial charge is 0.579 e. The number of hydrogen-bond donors (Lipinski definition) is 2. The van der Waals surface area contributed by atoms with Crippen LogP contribution in [0.4, 0.5) is 4.39 Å². The van der Waals surface area contributed by atoms with Gasteiger partial charge >= 0.3 is 0 Å². The zero-order chi connectivity index (χ0) is 22.7. The van der Waals surface area contributed by atoms with Gasteiger partial charge in [-0.2, -0.15) is 0 Å². The van der Waals surface area contributed by atoms with Crippen molar-refractivity contribution < 1.29 is 13.7 Å². The average molecular weight is 457 g/mol. The topological polar surface area (TPSA) is 74.2 Å². The summed E-state index contributed by atoms with van der Waals surface area (Å²) in [6.45, 7) is 6.73. The van der Waals surface area contributed by atoms with Crippen LogP contribution in [0.25, 0.3) is 11.3 Å². The Labute approximate surface area is 191 Å². The highest BCUT2D eigenvalue weighted by atomic mass is 32.2. The van der Waals surface area contributed by atoms with E-state index in [1.165, 1.54) is 18.6 Å². The molecule has 1 fully saturated rings. The van der Waals surface area contributed by atoms with E-state index in [0.29, 0.717) is 24.2 Å². The molecule has 32 heavy (non-hydrogen) atoms. The molecule has 170 valence electrons. The summed E-state index contributed by atoms with van der Waals surface area (Å²) < 4.78 is 39.7. The first-order valence-corrected chi connectivity index (χ1v) is 12.1. The van der Waals surface area contributed by atoms with E-state index in [2.05, 4.69) is 20.6 Å². The van der Waals surface area contributed by atoms with Crippen molar-refractivity contribution in [3.05, 3.63) is 66.0 Å². The van der Waals surface area contributed by atoms with Gasteiger partial charge in [-0.3, -0.25) is 4.68 Å². The van der Waals surface area contributed by atoms with Crippen molar-refractivity contribution in [3.63, 3.8) is 0 Å². The van der Waals surface area contributed by atoms with Gasteiger partial charge in [0.25, 0.3) is 0 Å². The molecule has 1 saturated carbocycles. The maximum absolute atomic E-state index is 13.2. The van der Waals surface area contributed by atoms with Crippen LogP contribution in [0.5, 0.6) is 11.6 Å². The van der Waals surface area contributed by atoms with Crippen LogP contribution in [0.15, 0.2) is 54.6 Å². The number of aryl methyl sites for hydroxylation is 1. The molecule has 2 aromatic carbocycles. The number of nitrogens with one attached hydrogen (secondary N) is 2. The summed E-state index contributed by atoms with van der Waals surface area (Å²) in [6.07, 6.45) is 3.34. The SMILES string of the molecule is CCn1nc(Oc2ccc(F)cc2)cc1-c1cccc(C(C)(C)N[S+]([O-])NC2CCC2)c1. The quantitative estimate of drug-likeness (QED) is 0.441. The first kappa shape index (κ1) is 22.8. The molecule has 4 rings (SSSR count). The highest BCUT2D eigenvalue weighted by molar-refractivity contribution is 7.87. The van der Waals surface area contributed by atoms with Crippen LogP contribution >= 0.6 is 0 Å². The minimum absolute atomic E-state index is 0.311. The fraction of sp³-hybridized carbons (Fsp3) is 0.375. The lowest BCUT2D eigenvalue weighted by Gasteiger charge is -2.31. The summed E-state index contributed by atoms with van der Waals surface area (Å²) in [5.41, 5.74) is 2.42. The lowest BCUT2D eigenvalue weighted by molar-refractivity contribution is 0.374. The van der Waals surface area contributed by atoms with Gasteiger partial charge in [-0.15, -0.1) is 14.5 Å². The lowest BCUT2D eigenvalue weighted by atomic mass is 9.93. The maximum Gasteiger partial charge on any atom is 0.238 e. The predicted octanol–water partition coefficient (Wildman–Crippen LogP) is 5.05. The van der Waals surface area contributed by atoms with Gasteiger partial charge in [-0.1, -0.05) is 24.6 Å². The van der Waals surface area contributed by atoms with Crippen molar-refractivity contribution in [2.24, 2.45) is 0 Å². The van der Waals surface area contributed by atoms with Crippen molar-refractivity contribution in [3.8, 4) is 22.9 Å². The molecule has 1 atom stereocenters. The van der Waals surface area contributed by atoms with Gasteiger partial charge in [0.1, 0.15) is 23.1 Å². The molecule has 1 unspecified atom stereocenters. The highest BCUT2D eigenvalue weighted by Crippen LogP contribution is 2.31. The molecule has 0 bridgehead atoms. The Morgan fingerprint density at radius 3 is 2.59 bits per heavy atom. The number of halogens is 1. The summed E-state index contributed by atoms with van der Waals surface area (Å²) in [6, 6.07) is 16.2. The van der Waals surface area contributed by atoms with Crippen molar-refractivity contribution in [2.75, 3.05) is 0 Å². The Balaban J connectivity index is 1.54. The van der Waals surface area contributed by atoms with Crippen LogP contribution in [0.1, 0.15) is 45.6 Å². The Morgan fingerprint density at radius 2 is 1.94 bits per heavy atom. The van der Waals surface area contributed by atoms with E-state index in [1.807, 2.05) is 49.7 Å². The van der Waals surface area contributed by atoms with E-state index in [0.717, 1.165) is 29.7 Å². The van der Waals surface area contributed by atoms with Gasteiger partial charge in [-0.25, -0.2) is 4.39 Å². The minimum Gasteiger partial charge on any atom is -0.579 e. The second-order valence-electron chi connectivity index (χ2n) is 8.56. The molecule has 3 aromatic rings. The van der Waals surface area contributed by atoms with E-state index in [9.17, 15) is 8.94 Å². The zero-order valence-electron chi connectivity index (χ0n) is 18.6. The number of nitrogens with zero attached hydrogens (tertiary/aromatic N) is 2. The molecule has 1 aliphatic carbocycles. The van der Waals surface area contributed by atoms with Crippen LogP contribution in [0.2, 0.25) is 0 Å². The van der Waals surface area contributed by atoms with Crippen molar-refractivity contribution >= 4 is 11.5 Å². The zero-order valence-corrected chi connectivity index (χ0v) is 19.4. The number of ether oxygens (including phenoxy) is 1. The molecule has 2 N–H and O–H groups in total. The van der Waals surface area contributed by atoms with Gasteiger partial charge in [0, 0.05) is 18.2 Å². The smallest absolute Gasteiger partial charge is 0.238 e. The molecule has 0 radical (unpaired) electrons. The lowest BCUT2D eigenvalue weighted by Crippen LogP contribution is -2.51. The fourth-order valence-electron chi connectivity index (χ4n) is 3.60. The summed E-state index contributed by atoms with van der Waals surface area (Å²) in [7, 11) is 0. The number of hydrogen-bond acceptors (Lipinski definition) is 5. The molecule has 8 heteroatoms. The second-order valence-corrected chi connectivity index (χ2v) is 9.54. The van der Waals surface area contributed by atoms with E-state index < -0.39 is 17.1 Å². The van der Waals surface area contributed by atoms with E-state index in [4.69, 9.17) is 4.74 Å². The molecule has 6 nitrogen and oxygen atoms in total. The van der Waals surface area contributed by atoms with Gasteiger partial charge in [-0.05, 0) is 69.5 Å². The monoisotopic (exact) mass is 456 g/mol. The van der Waals surface area contributed by atoms with Crippen LogP contribution in [-0.4, -0.2) is 20.4 Å². The third kappa shape index (κ3) is 5.32. The maximum atomic E-state index is 13.2. The van der Waals surface area contributed by atoms with Crippen LogP contribution < -0.4 is 14.2 Å². The third-order valence-electron chi connectivity index (χ3n) is 5.70.